The fourth-order valence-corrected chi connectivity index (χ4v) is 2.39. The van der Waals surface area contributed by atoms with E-state index in [0.717, 1.165) is 0 Å². The number of amides is 2. The van der Waals surface area contributed by atoms with Crippen molar-refractivity contribution in [3.8, 4) is 17.7 Å². The minimum absolute atomic E-state index is 0.0360. The number of ether oxygens (including phenoxy) is 1. The Morgan fingerprint density at radius 3 is 2.71 bits per heavy atom. The molecule has 0 aliphatic heterocycles. The number of pyridine rings is 1. The number of nitrogens with zero attached hydrogens (tertiary/aromatic N) is 4. The number of nitriles is 1. The average Bonchev–Trinajstić information content (AvgIpc) is 2.78. The van der Waals surface area contributed by atoms with E-state index >= 15 is 0 Å². The summed E-state index contributed by atoms with van der Waals surface area (Å²) < 4.78 is 5.55. The van der Waals surface area contributed by atoms with E-state index in [-0.39, 0.29) is 24.1 Å². The van der Waals surface area contributed by atoms with Crippen molar-refractivity contribution in [3.63, 3.8) is 0 Å². The molecule has 0 saturated carbocycles. The van der Waals surface area contributed by atoms with Gasteiger partial charge in [0.25, 0.3) is 0 Å². The second-order valence-electron chi connectivity index (χ2n) is 6.14. The fourth-order valence-electron chi connectivity index (χ4n) is 2.39. The molecule has 2 amide bonds. The third-order valence-corrected chi connectivity index (χ3v) is 3.74. The van der Waals surface area contributed by atoms with E-state index in [0.29, 0.717) is 22.7 Å². The van der Waals surface area contributed by atoms with Crippen LogP contribution in [-0.2, 0) is 16.2 Å². The van der Waals surface area contributed by atoms with E-state index in [2.05, 4.69) is 31.1 Å². The number of rotatable bonds is 6. The van der Waals surface area contributed by atoms with Gasteiger partial charge in [-0.15, -0.1) is 0 Å². The third-order valence-electron chi connectivity index (χ3n) is 3.74. The first-order valence-electron chi connectivity index (χ1n) is 8.93. The summed E-state index contributed by atoms with van der Waals surface area (Å²) in [6.07, 6.45) is 1.32. The quantitative estimate of drug-likeness (QED) is 0.342. The van der Waals surface area contributed by atoms with Crippen LogP contribution in [0.2, 0.25) is 0 Å². The second kappa shape index (κ2) is 9.77. The molecule has 0 fully saturated rings. The average molecular weight is 419 g/mol. The van der Waals surface area contributed by atoms with E-state index in [1.54, 1.807) is 37.3 Å². The normalized spacial score (nSPS) is 9.97. The van der Waals surface area contributed by atoms with Crippen LogP contribution in [0.25, 0.3) is 0 Å². The van der Waals surface area contributed by atoms with Crippen LogP contribution >= 0.6 is 0 Å². The van der Waals surface area contributed by atoms with Crippen molar-refractivity contribution in [3.05, 3.63) is 65.6 Å². The fraction of sp³-hybridized carbons (Fsp3) is 0.100. The van der Waals surface area contributed by atoms with Crippen LogP contribution in [0.3, 0.4) is 0 Å². The number of aliphatic hydroxyl groups excluding tert-OH is 1. The van der Waals surface area contributed by atoms with Crippen molar-refractivity contribution in [2.75, 3.05) is 10.7 Å². The Morgan fingerprint density at radius 1 is 1.16 bits per heavy atom. The maximum Gasteiger partial charge on any atom is 0.328 e. The van der Waals surface area contributed by atoms with E-state index in [1.165, 1.54) is 18.3 Å². The number of carbonyl (C=O) groups is 2. The molecule has 156 valence electrons. The van der Waals surface area contributed by atoms with E-state index in [9.17, 15) is 9.59 Å². The topological polar surface area (TPSA) is 162 Å². The molecule has 0 atom stereocenters. The van der Waals surface area contributed by atoms with Gasteiger partial charge in [-0.25, -0.2) is 15.0 Å². The molecule has 0 radical (unpaired) electrons. The lowest BCUT2D eigenvalue weighted by Gasteiger charge is -2.09. The van der Waals surface area contributed by atoms with Gasteiger partial charge in [-0.1, -0.05) is 6.07 Å². The lowest BCUT2D eigenvalue weighted by Crippen LogP contribution is -2.39. The number of aryl methyl sites for hydroxylation is 1. The van der Waals surface area contributed by atoms with Crippen molar-refractivity contribution in [1.29, 1.82) is 5.26 Å². The molecule has 2 heterocycles. The molecule has 4 N–H and O–H groups in total. The number of aliphatic hydroxyl groups is 1. The van der Waals surface area contributed by atoms with Crippen LogP contribution in [0.5, 0.6) is 11.6 Å². The lowest BCUT2D eigenvalue weighted by atomic mass is 10.2. The summed E-state index contributed by atoms with van der Waals surface area (Å²) in [5, 5.41) is 20.4. The van der Waals surface area contributed by atoms with E-state index in [4.69, 9.17) is 15.1 Å². The molecule has 11 heteroatoms. The van der Waals surface area contributed by atoms with Crippen LogP contribution in [0.1, 0.15) is 17.0 Å². The predicted molar refractivity (Wildman–Crippen MR) is 109 cm³/mol. The summed E-state index contributed by atoms with van der Waals surface area (Å²) in [5.74, 6) is -1.20. The molecular formula is C20H17N7O4. The van der Waals surface area contributed by atoms with Gasteiger partial charge in [-0.3, -0.25) is 20.4 Å². The van der Waals surface area contributed by atoms with Gasteiger partial charge in [0, 0.05) is 11.8 Å². The molecule has 3 aromatic rings. The van der Waals surface area contributed by atoms with Crippen molar-refractivity contribution >= 4 is 23.5 Å². The lowest BCUT2D eigenvalue weighted by molar-refractivity contribution is -0.135. The number of hydrazine groups is 1. The van der Waals surface area contributed by atoms with Crippen LogP contribution in [0, 0.1) is 18.3 Å². The number of benzene rings is 1. The van der Waals surface area contributed by atoms with E-state index < -0.39 is 11.8 Å². The van der Waals surface area contributed by atoms with Gasteiger partial charge in [0.2, 0.25) is 11.8 Å². The summed E-state index contributed by atoms with van der Waals surface area (Å²) in [6.45, 7) is 1.41. The smallest absolute Gasteiger partial charge is 0.328 e. The Morgan fingerprint density at radius 2 is 2.00 bits per heavy atom. The van der Waals surface area contributed by atoms with Crippen LogP contribution in [0.4, 0.5) is 11.6 Å². The molecule has 2 aromatic heterocycles. The summed E-state index contributed by atoms with van der Waals surface area (Å²) in [5.41, 5.74) is 6.25. The number of nitrogens with one attached hydrogen (secondary N) is 3. The largest absolute Gasteiger partial charge is 0.439 e. The first-order valence-corrected chi connectivity index (χ1v) is 8.93. The van der Waals surface area contributed by atoms with Gasteiger partial charge >= 0.3 is 11.8 Å². The maximum absolute atomic E-state index is 12.0. The van der Waals surface area contributed by atoms with Crippen molar-refractivity contribution in [2.45, 2.75) is 13.5 Å². The Kier molecular flexibility index (Phi) is 6.67. The highest BCUT2D eigenvalue weighted by Crippen LogP contribution is 2.21. The molecule has 11 nitrogen and oxygen atoms in total. The zero-order valence-electron chi connectivity index (χ0n) is 16.3. The second-order valence-corrected chi connectivity index (χ2v) is 6.14. The molecule has 1 aromatic carbocycles. The SMILES string of the molecule is Cc1cc(CO)nc(NNC(=O)C(=O)Nc2ccc(Oc3cccc(C#N)c3)nc2)n1. The van der Waals surface area contributed by atoms with Gasteiger partial charge in [-0.05, 0) is 37.3 Å². The van der Waals surface area contributed by atoms with Crippen molar-refractivity contribution < 1.29 is 19.4 Å². The molecule has 0 aliphatic carbocycles. The Labute approximate surface area is 176 Å². The van der Waals surface area contributed by atoms with Gasteiger partial charge in [-0.2, -0.15) is 5.26 Å². The predicted octanol–water partition coefficient (Wildman–Crippen LogP) is 1.42. The van der Waals surface area contributed by atoms with Crippen LogP contribution in [-0.4, -0.2) is 31.9 Å². The summed E-state index contributed by atoms with van der Waals surface area (Å²) in [6, 6.07) is 13.2. The number of aromatic nitrogens is 3. The van der Waals surface area contributed by atoms with Gasteiger partial charge < -0.3 is 15.2 Å². The molecular weight excluding hydrogens is 402 g/mol. The zero-order valence-corrected chi connectivity index (χ0v) is 16.3. The molecule has 31 heavy (non-hydrogen) atoms. The number of hydrogen-bond donors (Lipinski definition) is 4. The number of carbonyl (C=O) groups excluding carboxylic acids is 2. The third kappa shape index (κ3) is 5.96. The van der Waals surface area contributed by atoms with Crippen molar-refractivity contribution in [1.82, 2.24) is 20.4 Å². The van der Waals surface area contributed by atoms with E-state index in [1.807, 2.05) is 6.07 Å². The standard InChI is InChI=1S/C20H17N7O4/c1-12-7-15(11-28)25-20(23-12)27-26-19(30)18(29)24-14-5-6-17(22-10-14)31-16-4-2-3-13(8-16)9-21/h2-8,10,28H,11H2,1H3,(H,24,29)(H,26,30)(H,23,25,27). The maximum atomic E-state index is 12.0. The summed E-state index contributed by atoms with van der Waals surface area (Å²) in [7, 11) is 0. The zero-order chi connectivity index (χ0) is 22.2. The number of anilines is 2. The van der Waals surface area contributed by atoms with Crippen LogP contribution in [0.15, 0.2) is 48.7 Å². The molecule has 3 rings (SSSR count). The monoisotopic (exact) mass is 419 g/mol. The molecule has 0 unspecified atom stereocenters. The molecule has 0 saturated heterocycles. The van der Waals surface area contributed by atoms with Gasteiger partial charge in [0.15, 0.2) is 0 Å². The Balaban J connectivity index is 1.54. The summed E-state index contributed by atoms with van der Waals surface area (Å²) in [4.78, 5) is 36.0. The highest BCUT2D eigenvalue weighted by Gasteiger charge is 2.14. The molecule has 0 aliphatic rings. The first-order chi connectivity index (χ1) is 15.0. The Hall–Kier alpha value is -4.56. The summed E-state index contributed by atoms with van der Waals surface area (Å²) >= 11 is 0. The first kappa shape index (κ1) is 21.2. The number of hydrogen-bond acceptors (Lipinski definition) is 9. The van der Waals surface area contributed by atoms with Crippen LogP contribution < -0.4 is 20.9 Å². The molecule has 0 spiro atoms. The van der Waals surface area contributed by atoms with Gasteiger partial charge in [0.1, 0.15) is 5.75 Å². The minimum Gasteiger partial charge on any atom is -0.439 e. The Bertz CT molecular complexity index is 1140. The highest BCUT2D eigenvalue weighted by molar-refractivity contribution is 6.39. The van der Waals surface area contributed by atoms with Gasteiger partial charge in [0.05, 0.1) is 35.8 Å². The minimum atomic E-state index is -0.982. The molecule has 0 bridgehead atoms. The van der Waals surface area contributed by atoms with Crippen molar-refractivity contribution in [2.24, 2.45) is 0 Å². The highest BCUT2D eigenvalue weighted by atomic mass is 16.5.